The summed E-state index contributed by atoms with van der Waals surface area (Å²) in [6, 6.07) is 0. The molecule has 0 unspecified atom stereocenters. The largest absolute Gasteiger partial charge is 0.469 e. The van der Waals surface area contributed by atoms with Crippen molar-refractivity contribution in [1.29, 1.82) is 0 Å². The fourth-order valence-corrected chi connectivity index (χ4v) is 0.905. The molecule has 0 saturated carbocycles. The van der Waals surface area contributed by atoms with Crippen LogP contribution in [0.2, 0.25) is 0 Å². The first-order chi connectivity index (χ1) is 6.28. The molecule has 0 bridgehead atoms. The molecule has 7 nitrogen and oxygen atoms in total. The highest BCUT2D eigenvalue weighted by atomic mass is 31.2. The standard InChI is InChI=1S/C5H10FO7P/c6-1-3(7)5(9)4(8)2-13-14(10,11)12/h4-5,8-9H,1-2H2,(H2,10,11,12)/t4-,5+/m0/s1. The maximum absolute atomic E-state index is 11.7. The summed E-state index contributed by atoms with van der Waals surface area (Å²) in [5.74, 6) is -1.29. The molecule has 84 valence electrons. The third kappa shape index (κ3) is 5.38. The Morgan fingerprint density at radius 1 is 1.43 bits per heavy atom. The van der Waals surface area contributed by atoms with Crippen LogP contribution in [-0.4, -0.2) is 51.3 Å². The molecule has 0 saturated heterocycles. The fourth-order valence-electron chi connectivity index (χ4n) is 0.558. The zero-order chi connectivity index (χ0) is 11.4. The minimum atomic E-state index is -4.77. The molecule has 9 heteroatoms. The third-order valence-corrected chi connectivity index (χ3v) is 1.72. The van der Waals surface area contributed by atoms with Gasteiger partial charge < -0.3 is 20.0 Å². The normalized spacial score (nSPS) is 16.4. The molecular formula is C5H10FO7P. The van der Waals surface area contributed by atoms with Gasteiger partial charge in [-0.25, -0.2) is 8.96 Å². The van der Waals surface area contributed by atoms with E-state index in [4.69, 9.17) is 20.0 Å². The van der Waals surface area contributed by atoms with Crippen molar-refractivity contribution in [2.24, 2.45) is 0 Å². The van der Waals surface area contributed by atoms with Crippen molar-refractivity contribution < 1.29 is 38.3 Å². The van der Waals surface area contributed by atoms with Gasteiger partial charge in [-0.1, -0.05) is 0 Å². The van der Waals surface area contributed by atoms with Gasteiger partial charge in [-0.2, -0.15) is 0 Å². The fraction of sp³-hybridized carbons (Fsp3) is 0.800. The van der Waals surface area contributed by atoms with Crippen LogP contribution in [0.15, 0.2) is 0 Å². The number of Topliss-reactive ketones (excluding diaryl/α,β-unsaturated/α-hetero) is 1. The molecule has 0 fully saturated rings. The number of ketones is 1. The number of rotatable bonds is 6. The Hall–Kier alpha value is -0.370. The molecule has 0 heterocycles. The van der Waals surface area contributed by atoms with Crippen molar-refractivity contribution in [2.45, 2.75) is 12.2 Å². The maximum Gasteiger partial charge on any atom is 0.469 e. The number of phosphoric acid groups is 1. The molecule has 2 atom stereocenters. The molecule has 0 aliphatic rings. The van der Waals surface area contributed by atoms with Gasteiger partial charge >= 0.3 is 7.82 Å². The molecule has 0 amide bonds. The average molecular weight is 232 g/mol. The van der Waals surface area contributed by atoms with Gasteiger partial charge in [0.2, 0.25) is 0 Å². The summed E-state index contributed by atoms with van der Waals surface area (Å²) < 4.78 is 25.6. The molecule has 0 aromatic rings. The zero-order valence-electron chi connectivity index (χ0n) is 6.91. The lowest BCUT2D eigenvalue weighted by molar-refractivity contribution is -0.135. The van der Waals surface area contributed by atoms with Crippen LogP contribution in [0, 0.1) is 0 Å². The molecule has 14 heavy (non-hydrogen) atoms. The molecular weight excluding hydrogens is 222 g/mol. The lowest BCUT2D eigenvalue weighted by atomic mass is 10.1. The number of aliphatic hydroxyl groups excluding tert-OH is 2. The average Bonchev–Trinajstić information content (AvgIpc) is 2.10. The van der Waals surface area contributed by atoms with E-state index in [-0.39, 0.29) is 0 Å². The predicted molar refractivity (Wildman–Crippen MR) is 41.0 cm³/mol. The smallest absolute Gasteiger partial charge is 0.388 e. The Morgan fingerprint density at radius 3 is 2.29 bits per heavy atom. The van der Waals surface area contributed by atoms with E-state index in [1.807, 2.05) is 0 Å². The summed E-state index contributed by atoms with van der Waals surface area (Å²) in [7, 11) is -4.77. The third-order valence-electron chi connectivity index (χ3n) is 1.24. The molecule has 4 N–H and O–H groups in total. The first-order valence-corrected chi connectivity index (χ1v) is 4.96. The highest BCUT2D eigenvalue weighted by molar-refractivity contribution is 7.46. The Morgan fingerprint density at radius 2 is 1.93 bits per heavy atom. The van der Waals surface area contributed by atoms with Crippen LogP contribution in [0.25, 0.3) is 0 Å². The monoisotopic (exact) mass is 232 g/mol. The summed E-state index contributed by atoms with van der Waals surface area (Å²) in [6.07, 6.45) is -3.92. The van der Waals surface area contributed by atoms with Crippen LogP contribution in [0.4, 0.5) is 4.39 Å². The molecule has 0 radical (unpaired) electrons. The van der Waals surface area contributed by atoms with Crippen molar-refractivity contribution in [2.75, 3.05) is 13.3 Å². The van der Waals surface area contributed by atoms with Crippen LogP contribution in [-0.2, 0) is 13.9 Å². The molecule has 0 aromatic heterocycles. The summed E-state index contributed by atoms with van der Waals surface area (Å²) in [5, 5.41) is 17.7. The summed E-state index contributed by atoms with van der Waals surface area (Å²) >= 11 is 0. The van der Waals surface area contributed by atoms with Gasteiger partial charge in [-0.05, 0) is 0 Å². The van der Waals surface area contributed by atoms with Gasteiger partial charge in [0.25, 0.3) is 0 Å². The number of halogens is 1. The van der Waals surface area contributed by atoms with Crippen LogP contribution in [0.5, 0.6) is 0 Å². The van der Waals surface area contributed by atoms with E-state index in [9.17, 15) is 13.8 Å². The van der Waals surface area contributed by atoms with E-state index in [2.05, 4.69) is 4.52 Å². The van der Waals surface area contributed by atoms with Crippen molar-refractivity contribution in [3.05, 3.63) is 0 Å². The Labute approximate surface area is 78.4 Å². The first kappa shape index (κ1) is 13.6. The molecule has 0 aromatic carbocycles. The number of carbonyl (C=O) groups excluding carboxylic acids is 1. The Bertz CT molecular complexity index is 238. The van der Waals surface area contributed by atoms with Gasteiger partial charge in [-0.15, -0.1) is 0 Å². The predicted octanol–water partition coefficient (Wildman–Crippen LogP) is -1.64. The van der Waals surface area contributed by atoms with E-state index in [1.165, 1.54) is 0 Å². The van der Waals surface area contributed by atoms with Crippen molar-refractivity contribution >= 4 is 13.6 Å². The number of aliphatic hydroxyl groups is 2. The van der Waals surface area contributed by atoms with E-state index in [1.54, 1.807) is 0 Å². The van der Waals surface area contributed by atoms with Gasteiger partial charge in [-0.3, -0.25) is 9.32 Å². The van der Waals surface area contributed by atoms with E-state index in [0.717, 1.165) is 0 Å². The van der Waals surface area contributed by atoms with E-state index < -0.39 is 39.1 Å². The second-order valence-electron chi connectivity index (χ2n) is 2.40. The lowest BCUT2D eigenvalue weighted by Gasteiger charge is -2.15. The second kappa shape index (κ2) is 5.50. The van der Waals surface area contributed by atoms with Crippen LogP contribution >= 0.6 is 7.82 Å². The molecule has 0 spiro atoms. The first-order valence-electron chi connectivity index (χ1n) is 3.43. The van der Waals surface area contributed by atoms with Crippen LogP contribution < -0.4 is 0 Å². The van der Waals surface area contributed by atoms with Gasteiger partial charge in [0.05, 0.1) is 6.61 Å². The zero-order valence-corrected chi connectivity index (χ0v) is 7.80. The van der Waals surface area contributed by atoms with E-state index >= 15 is 0 Å². The van der Waals surface area contributed by atoms with Crippen molar-refractivity contribution in [1.82, 2.24) is 0 Å². The number of alkyl halides is 1. The Kier molecular flexibility index (Phi) is 5.35. The SMILES string of the molecule is O=C(CF)[C@@H](O)[C@@H](O)COP(=O)(O)O. The minimum absolute atomic E-state index is 0.961. The minimum Gasteiger partial charge on any atom is -0.388 e. The highest BCUT2D eigenvalue weighted by Gasteiger charge is 2.26. The maximum atomic E-state index is 11.7. The summed E-state index contributed by atoms with van der Waals surface area (Å²) in [6.45, 7) is -2.44. The van der Waals surface area contributed by atoms with Crippen molar-refractivity contribution in [3.63, 3.8) is 0 Å². The summed E-state index contributed by atoms with van der Waals surface area (Å²) in [5.41, 5.74) is 0. The number of hydrogen-bond acceptors (Lipinski definition) is 5. The Balaban J connectivity index is 4.02. The van der Waals surface area contributed by atoms with Gasteiger partial charge in [0.15, 0.2) is 12.5 Å². The van der Waals surface area contributed by atoms with Gasteiger partial charge in [0, 0.05) is 0 Å². The molecule has 0 aliphatic carbocycles. The van der Waals surface area contributed by atoms with Crippen molar-refractivity contribution in [3.8, 4) is 0 Å². The molecule has 0 rings (SSSR count). The van der Waals surface area contributed by atoms with E-state index in [0.29, 0.717) is 0 Å². The lowest BCUT2D eigenvalue weighted by Crippen LogP contribution is -2.37. The van der Waals surface area contributed by atoms with Gasteiger partial charge in [0.1, 0.15) is 12.2 Å². The number of hydrogen-bond donors (Lipinski definition) is 4. The second-order valence-corrected chi connectivity index (χ2v) is 3.64. The topological polar surface area (TPSA) is 124 Å². The number of carbonyl (C=O) groups is 1. The summed E-state index contributed by atoms with van der Waals surface area (Å²) in [4.78, 5) is 26.8. The number of phosphoric ester groups is 1. The van der Waals surface area contributed by atoms with Crippen LogP contribution in [0.3, 0.4) is 0 Å². The molecule has 0 aliphatic heterocycles. The quantitative estimate of drug-likeness (QED) is 0.404. The van der Waals surface area contributed by atoms with Crippen LogP contribution in [0.1, 0.15) is 0 Å². The highest BCUT2D eigenvalue weighted by Crippen LogP contribution is 2.35.